The standard InChI is InChI=1S/C23H13ClI3NO3/c24-16-3-1-2-13(8-16)12-30-21-18(26)9-14(10-19(21)27)11-20-23(29)31-22(28-20)15-4-6-17(25)7-5-15/h1-11H,12H2/b20-11-. The fraction of sp³-hybridized carbons (Fsp3) is 0.0435. The number of benzene rings is 3. The zero-order valence-corrected chi connectivity index (χ0v) is 23.0. The molecule has 156 valence electrons. The molecule has 8 heteroatoms. The number of esters is 1. The molecule has 3 aromatic rings. The number of hydrogen-bond acceptors (Lipinski definition) is 4. The van der Waals surface area contributed by atoms with Crippen LogP contribution in [-0.2, 0) is 16.1 Å². The van der Waals surface area contributed by atoms with Crippen molar-refractivity contribution in [3.8, 4) is 5.75 Å². The molecule has 3 aromatic carbocycles. The van der Waals surface area contributed by atoms with Crippen molar-refractivity contribution in [2.24, 2.45) is 4.99 Å². The summed E-state index contributed by atoms with van der Waals surface area (Å²) < 4.78 is 14.4. The lowest BCUT2D eigenvalue weighted by atomic mass is 10.2. The maximum absolute atomic E-state index is 12.3. The van der Waals surface area contributed by atoms with Crippen LogP contribution < -0.4 is 4.74 Å². The Bertz CT molecular complexity index is 1200. The van der Waals surface area contributed by atoms with E-state index in [4.69, 9.17) is 21.1 Å². The number of rotatable bonds is 5. The van der Waals surface area contributed by atoms with Crippen LogP contribution in [-0.4, -0.2) is 11.9 Å². The predicted octanol–water partition coefficient (Wildman–Crippen LogP) is 7.08. The van der Waals surface area contributed by atoms with E-state index in [9.17, 15) is 4.79 Å². The smallest absolute Gasteiger partial charge is 0.363 e. The molecule has 0 atom stereocenters. The molecule has 0 saturated heterocycles. The Morgan fingerprint density at radius 3 is 2.39 bits per heavy atom. The summed E-state index contributed by atoms with van der Waals surface area (Å²) in [5.41, 5.74) is 2.89. The van der Waals surface area contributed by atoms with Crippen LogP contribution in [0, 0.1) is 10.7 Å². The first-order valence-electron chi connectivity index (χ1n) is 9.04. The number of ether oxygens (including phenoxy) is 2. The molecule has 0 aliphatic carbocycles. The number of hydrogen-bond donors (Lipinski definition) is 0. The van der Waals surface area contributed by atoms with Crippen molar-refractivity contribution in [3.05, 3.63) is 98.8 Å². The molecule has 1 aliphatic rings. The minimum absolute atomic E-state index is 0.271. The largest absolute Gasteiger partial charge is 0.487 e. The number of carbonyl (C=O) groups excluding carboxylic acids is 1. The van der Waals surface area contributed by atoms with Crippen molar-refractivity contribution >= 4 is 97.3 Å². The van der Waals surface area contributed by atoms with Crippen LogP contribution in [0.4, 0.5) is 0 Å². The summed E-state index contributed by atoms with van der Waals surface area (Å²) in [6.07, 6.45) is 1.73. The highest BCUT2D eigenvalue weighted by molar-refractivity contribution is 14.1. The fourth-order valence-corrected chi connectivity index (χ4v) is 5.57. The zero-order valence-electron chi connectivity index (χ0n) is 15.7. The van der Waals surface area contributed by atoms with Crippen LogP contribution in [0.25, 0.3) is 6.08 Å². The van der Waals surface area contributed by atoms with Crippen molar-refractivity contribution in [2.45, 2.75) is 6.61 Å². The molecule has 0 unspecified atom stereocenters. The number of carbonyl (C=O) groups is 1. The molecule has 31 heavy (non-hydrogen) atoms. The molecule has 0 fully saturated rings. The molecule has 0 bridgehead atoms. The third kappa shape index (κ3) is 5.79. The van der Waals surface area contributed by atoms with Gasteiger partial charge in [-0.1, -0.05) is 23.7 Å². The van der Waals surface area contributed by atoms with E-state index in [1.54, 1.807) is 6.08 Å². The summed E-state index contributed by atoms with van der Waals surface area (Å²) >= 11 is 12.7. The number of aliphatic imine (C=N–C) groups is 1. The Labute approximate surface area is 225 Å². The predicted molar refractivity (Wildman–Crippen MR) is 147 cm³/mol. The van der Waals surface area contributed by atoms with Gasteiger partial charge in [-0.2, -0.15) is 0 Å². The minimum Gasteiger partial charge on any atom is -0.487 e. The van der Waals surface area contributed by atoms with Gasteiger partial charge in [-0.15, -0.1) is 0 Å². The van der Waals surface area contributed by atoms with Gasteiger partial charge in [-0.25, -0.2) is 9.79 Å². The Balaban J connectivity index is 1.55. The molecule has 0 aromatic heterocycles. The summed E-state index contributed by atoms with van der Waals surface area (Å²) in [6, 6.07) is 19.2. The number of cyclic esters (lactones) is 1. The molecule has 0 saturated carbocycles. The third-order valence-electron chi connectivity index (χ3n) is 4.31. The lowest BCUT2D eigenvalue weighted by molar-refractivity contribution is -0.129. The molecule has 1 heterocycles. The summed E-state index contributed by atoms with van der Waals surface area (Å²) in [5.74, 6) is 0.652. The zero-order chi connectivity index (χ0) is 22.0. The van der Waals surface area contributed by atoms with Gasteiger partial charge >= 0.3 is 5.97 Å². The minimum atomic E-state index is -0.458. The van der Waals surface area contributed by atoms with Crippen LogP contribution in [0.2, 0.25) is 5.02 Å². The molecule has 0 radical (unpaired) electrons. The molecular formula is C23H13ClI3NO3. The topological polar surface area (TPSA) is 47.9 Å². The van der Waals surface area contributed by atoms with Gasteiger partial charge in [0, 0.05) is 14.2 Å². The lowest BCUT2D eigenvalue weighted by Gasteiger charge is -2.12. The van der Waals surface area contributed by atoms with E-state index in [0.29, 0.717) is 17.5 Å². The first kappa shape index (κ1) is 23.0. The Morgan fingerprint density at radius 1 is 1.00 bits per heavy atom. The van der Waals surface area contributed by atoms with Crippen LogP contribution in [0.1, 0.15) is 16.7 Å². The van der Waals surface area contributed by atoms with Crippen molar-refractivity contribution < 1.29 is 14.3 Å². The summed E-state index contributed by atoms with van der Waals surface area (Å²) in [7, 11) is 0. The molecular weight excluding hydrogens is 754 g/mol. The summed E-state index contributed by atoms with van der Waals surface area (Å²) in [4.78, 5) is 16.7. The molecule has 0 spiro atoms. The van der Waals surface area contributed by atoms with Gasteiger partial charge in [0.15, 0.2) is 5.70 Å². The van der Waals surface area contributed by atoms with Crippen LogP contribution in [0.3, 0.4) is 0 Å². The highest BCUT2D eigenvalue weighted by atomic mass is 127. The molecule has 4 rings (SSSR count). The van der Waals surface area contributed by atoms with Crippen LogP contribution in [0.5, 0.6) is 5.75 Å². The monoisotopic (exact) mass is 767 g/mol. The van der Waals surface area contributed by atoms with Crippen molar-refractivity contribution in [3.63, 3.8) is 0 Å². The van der Waals surface area contributed by atoms with Gasteiger partial charge in [-0.3, -0.25) is 0 Å². The quantitative estimate of drug-likeness (QED) is 0.159. The van der Waals surface area contributed by atoms with Crippen molar-refractivity contribution in [2.75, 3.05) is 0 Å². The number of nitrogens with zero attached hydrogens (tertiary/aromatic N) is 1. The van der Waals surface area contributed by atoms with Gasteiger partial charge in [0.25, 0.3) is 0 Å². The molecule has 0 amide bonds. The molecule has 4 nitrogen and oxygen atoms in total. The SMILES string of the molecule is O=C1OC(c2ccc(I)cc2)=N/C1=C\c1cc(I)c(OCc2cccc(Cl)c2)c(I)c1. The maximum Gasteiger partial charge on any atom is 0.363 e. The second-order valence-electron chi connectivity index (χ2n) is 6.58. The van der Waals surface area contributed by atoms with Crippen molar-refractivity contribution in [1.82, 2.24) is 0 Å². The fourth-order valence-electron chi connectivity index (χ4n) is 2.87. The normalized spacial score (nSPS) is 14.5. The molecule has 0 N–H and O–H groups in total. The van der Waals surface area contributed by atoms with E-state index >= 15 is 0 Å². The average Bonchev–Trinajstić information content (AvgIpc) is 3.08. The third-order valence-corrected chi connectivity index (χ3v) is 6.86. The lowest BCUT2D eigenvalue weighted by Crippen LogP contribution is -2.05. The first-order valence-corrected chi connectivity index (χ1v) is 12.7. The average molecular weight is 768 g/mol. The van der Waals surface area contributed by atoms with E-state index in [1.165, 1.54) is 0 Å². The summed E-state index contributed by atoms with van der Waals surface area (Å²) in [6.45, 7) is 0.420. The van der Waals surface area contributed by atoms with E-state index in [-0.39, 0.29) is 5.70 Å². The Hall–Kier alpha value is -1.18. The second kappa shape index (κ2) is 10.2. The second-order valence-corrected chi connectivity index (χ2v) is 10.6. The van der Waals surface area contributed by atoms with Gasteiger partial charge < -0.3 is 9.47 Å². The van der Waals surface area contributed by atoms with E-state index in [2.05, 4.69) is 72.8 Å². The summed E-state index contributed by atoms with van der Waals surface area (Å²) in [5, 5.41) is 0.682. The van der Waals surface area contributed by atoms with Gasteiger partial charge in [-0.05, 0) is 134 Å². The van der Waals surface area contributed by atoms with Crippen LogP contribution >= 0.6 is 79.4 Å². The Morgan fingerprint density at radius 2 is 1.71 bits per heavy atom. The van der Waals surface area contributed by atoms with Crippen molar-refractivity contribution in [1.29, 1.82) is 0 Å². The van der Waals surface area contributed by atoms with Gasteiger partial charge in [0.05, 0.1) is 7.14 Å². The van der Waals surface area contributed by atoms with Gasteiger partial charge in [0.2, 0.25) is 5.90 Å². The van der Waals surface area contributed by atoms with E-state index in [0.717, 1.165) is 33.2 Å². The highest BCUT2D eigenvalue weighted by Gasteiger charge is 2.24. The molecule has 1 aliphatic heterocycles. The van der Waals surface area contributed by atoms with E-state index < -0.39 is 5.97 Å². The number of halogens is 4. The highest BCUT2D eigenvalue weighted by Crippen LogP contribution is 2.31. The van der Waals surface area contributed by atoms with Crippen LogP contribution in [0.15, 0.2) is 71.4 Å². The maximum atomic E-state index is 12.3. The Kier molecular flexibility index (Phi) is 7.55. The van der Waals surface area contributed by atoms with Gasteiger partial charge in [0.1, 0.15) is 12.4 Å². The van der Waals surface area contributed by atoms with E-state index in [1.807, 2.05) is 60.7 Å². The first-order chi connectivity index (χ1) is 14.9.